The summed E-state index contributed by atoms with van der Waals surface area (Å²) in [5.41, 5.74) is 2.46. The fourth-order valence-corrected chi connectivity index (χ4v) is 2.95. The third-order valence-corrected chi connectivity index (χ3v) is 4.09. The van der Waals surface area contributed by atoms with Gasteiger partial charge in [0.25, 0.3) is 0 Å². The fourth-order valence-electron chi connectivity index (χ4n) is 2.95. The van der Waals surface area contributed by atoms with Crippen molar-refractivity contribution in [2.24, 2.45) is 5.92 Å². The minimum absolute atomic E-state index is 0.0332. The van der Waals surface area contributed by atoms with E-state index < -0.39 is 5.92 Å². The molecule has 0 heterocycles. The second-order valence-corrected chi connectivity index (χ2v) is 5.64. The number of nitrogens with one attached hydrogen (secondary N) is 1. The molecule has 1 aliphatic rings. The third kappa shape index (κ3) is 3.75. The minimum atomic E-state index is -2.44. The lowest BCUT2D eigenvalue weighted by molar-refractivity contribution is -0.0497. The summed E-state index contributed by atoms with van der Waals surface area (Å²) in [5.74, 6) is -2.12. The SMILES string of the molecule is CCNC(c1ccc(C)cc1)C1CCC(F)(F)CC1. The molecule has 0 bridgehead atoms. The zero-order valence-corrected chi connectivity index (χ0v) is 11.8. The van der Waals surface area contributed by atoms with Crippen molar-refractivity contribution in [3.05, 3.63) is 35.4 Å². The maximum absolute atomic E-state index is 13.3. The zero-order valence-electron chi connectivity index (χ0n) is 11.8. The second kappa shape index (κ2) is 6.00. The van der Waals surface area contributed by atoms with Crippen LogP contribution in [-0.2, 0) is 0 Å². The highest BCUT2D eigenvalue weighted by atomic mass is 19.3. The van der Waals surface area contributed by atoms with E-state index >= 15 is 0 Å². The summed E-state index contributed by atoms with van der Waals surface area (Å²) >= 11 is 0. The maximum Gasteiger partial charge on any atom is 0.248 e. The van der Waals surface area contributed by atoms with Gasteiger partial charge in [-0.25, -0.2) is 8.78 Å². The molecular weight excluding hydrogens is 244 g/mol. The van der Waals surface area contributed by atoms with Gasteiger partial charge in [0.05, 0.1) is 0 Å². The summed E-state index contributed by atoms with van der Waals surface area (Å²) in [6, 6.07) is 8.64. The molecule has 2 rings (SSSR count). The number of hydrogen-bond acceptors (Lipinski definition) is 1. The number of alkyl halides is 2. The topological polar surface area (TPSA) is 12.0 Å². The Bertz CT molecular complexity index is 390. The molecule has 1 aliphatic carbocycles. The third-order valence-electron chi connectivity index (χ3n) is 4.09. The summed E-state index contributed by atoms with van der Waals surface area (Å²) in [6.07, 6.45) is 1.29. The van der Waals surface area contributed by atoms with Crippen LogP contribution in [0.2, 0.25) is 0 Å². The first-order chi connectivity index (χ1) is 9.02. The molecule has 1 fully saturated rings. The number of halogens is 2. The van der Waals surface area contributed by atoms with Crippen LogP contribution in [0.15, 0.2) is 24.3 Å². The van der Waals surface area contributed by atoms with Gasteiger partial charge in [0.2, 0.25) is 5.92 Å². The number of aryl methyl sites for hydroxylation is 1. The van der Waals surface area contributed by atoms with Gasteiger partial charge < -0.3 is 5.32 Å². The Balaban J connectivity index is 2.10. The van der Waals surface area contributed by atoms with Gasteiger partial charge in [-0.2, -0.15) is 0 Å². The van der Waals surface area contributed by atoms with Crippen molar-refractivity contribution in [2.45, 2.75) is 51.5 Å². The highest BCUT2D eigenvalue weighted by Crippen LogP contribution is 2.41. The van der Waals surface area contributed by atoms with Gasteiger partial charge in [-0.1, -0.05) is 36.8 Å². The lowest BCUT2D eigenvalue weighted by Crippen LogP contribution is -2.34. The lowest BCUT2D eigenvalue weighted by atomic mass is 9.79. The Kier molecular flexibility index (Phi) is 4.56. The Morgan fingerprint density at radius 2 is 1.79 bits per heavy atom. The molecule has 0 aromatic heterocycles. The molecule has 1 aromatic rings. The smallest absolute Gasteiger partial charge is 0.248 e. The van der Waals surface area contributed by atoms with Gasteiger partial charge in [0, 0.05) is 18.9 Å². The van der Waals surface area contributed by atoms with Gasteiger partial charge in [0.1, 0.15) is 0 Å². The number of rotatable bonds is 4. The minimum Gasteiger partial charge on any atom is -0.310 e. The van der Waals surface area contributed by atoms with E-state index in [0.717, 1.165) is 6.54 Å². The summed E-state index contributed by atoms with van der Waals surface area (Å²) in [6.45, 7) is 5.00. The summed E-state index contributed by atoms with van der Waals surface area (Å²) in [4.78, 5) is 0. The van der Waals surface area contributed by atoms with Crippen LogP contribution in [-0.4, -0.2) is 12.5 Å². The highest BCUT2D eigenvalue weighted by molar-refractivity contribution is 5.24. The van der Waals surface area contributed by atoms with E-state index in [1.54, 1.807) is 0 Å². The van der Waals surface area contributed by atoms with Crippen LogP contribution >= 0.6 is 0 Å². The second-order valence-electron chi connectivity index (χ2n) is 5.64. The molecule has 1 aromatic carbocycles. The predicted molar refractivity (Wildman–Crippen MR) is 74.5 cm³/mol. The Hall–Kier alpha value is -0.960. The standard InChI is InChI=1S/C16H23F2N/c1-3-19-15(13-6-4-12(2)5-7-13)14-8-10-16(17,18)11-9-14/h4-7,14-15,19H,3,8-11H2,1-2H3. The normalized spacial score (nSPS) is 21.3. The molecular formula is C16H23F2N. The lowest BCUT2D eigenvalue weighted by Gasteiger charge is -2.34. The van der Waals surface area contributed by atoms with Crippen molar-refractivity contribution < 1.29 is 8.78 Å². The van der Waals surface area contributed by atoms with E-state index in [9.17, 15) is 8.78 Å². The molecule has 3 heteroatoms. The molecule has 0 saturated heterocycles. The molecule has 1 saturated carbocycles. The Morgan fingerprint density at radius 3 is 2.32 bits per heavy atom. The van der Waals surface area contributed by atoms with E-state index in [1.165, 1.54) is 11.1 Å². The summed E-state index contributed by atoms with van der Waals surface area (Å²) in [5, 5.41) is 3.47. The molecule has 1 N–H and O–H groups in total. The van der Waals surface area contributed by atoms with E-state index in [0.29, 0.717) is 18.8 Å². The van der Waals surface area contributed by atoms with Gasteiger partial charge in [-0.15, -0.1) is 0 Å². The van der Waals surface area contributed by atoms with Crippen molar-refractivity contribution in [1.82, 2.24) is 5.32 Å². The fraction of sp³-hybridized carbons (Fsp3) is 0.625. The largest absolute Gasteiger partial charge is 0.310 e. The van der Waals surface area contributed by atoms with E-state index in [1.807, 2.05) is 0 Å². The first-order valence-electron chi connectivity index (χ1n) is 7.19. The molecule has 1 atom stereocenters. The molecule has 1 unspecified atom stereocenters. The molecule has 19 heavy (non-hydrogen) atoms. The van der Waals surface area contributed by atoms with Gasteiger partial charge in [-0.05, 0) is 37.8 Å². The maximum atomic E-state index is 13.3. The molecule has 1 nitrogen and oxygen atoms in total. The monoisotopic (exact) mass is 267 g/mol. The van der Waals surface area contributed by atoms with Crippen molar-refractivity contribution in [3.63, 3.8) is 0 Å². The molecule has 106 valence electrons. The Labute approximate surface area is 114 Å². The van der Waals surface area contributed by atoms with Crippen molar-refractivity contribution in [1.29, 1.82) is 0 Å². The van der Waals surface area contributed by atoms with Crippen LogP contribution in [0, 0.1) is 12.8 Å². The Morgan fingerprint density at radius 1 is 1.21 bits per heavy atom. The van der Waals surface area contributed by atoms with E-state index in [-0.39, 0.29) is 18.9 Å². The van der Waals surface area contributed by atoms with Crippen molar-refractivity contribution >= 4 is 0 Å². The quantitative estimate of drug-likeness (QED) is 0.848. The van der Waals surface area contributed by atoms with Crippen LogP contribution in [0.3, 0.4) is 0 Å². The van der Waals surface area contributed by atoms with E-state index in [2.05, 4.69) is 43.4 Å². The van der Waals surface area contributed by atoms with Crippen LogP contribution in [0.25, 0.3) is 0 Å². The molecule has 0 radical (unpaired) electrons. The highest BCUT2D eigenvalue weighted by Gasteiger charge is 2.37. The van der Waals surface area contributed by atoms with Crippen LogP contribution in [0.1, 0.15) is 49.8 Å². The summed E-state index contributed by atoms with van der Waals surface area (Å²) < 4.78 is 26.5. The van der Waals surface area contributed by atoms with Crippen molar-refractivity contribution in [3.8, 4) is 0 Å². The first kappa shape index (κ1) is 14.4. The molecule has 0 amide bonds. The van der Waals surface area contributed by atoms with Crippen LogP contribution < -0.4 is 5.32 Å². The average molecular weight is 267 g/mol. The van der Waals surface area contributed by atoms with E-state index in [4.69, 9.17) is 0 Å². The van der Waals surface area contributed by atoms with Crippen LogP contribution in [0.4, 0.5) is 8.78 Å². The summed E-state index contributed by atoms with van der Waals surface area (Å²) in [7, 11) is 0. The zero-order chi connectivity index (χ0) is 13.9. The van der Waals surface area contributed by atoms with Gasteiger partial charge in [0.15, 0.2) is 0 Å². The number of benzene rings is 1. The first-order valence-corrected chi connectivity index (χ1v) is 7.19. The van der Waals surface area contributed by atoms with Crippen LogP contribution in [0.5, 0.6) is 0 Å². The van der Waals surface area contributed by atoms with Gasteiger partial charge >= 0.3 is 0 Å². The average Bonchev–Trinajstić information content (AvgIpc) is 2.38. The molecule has 0 aliphatic heterocycles. The van der Waals surface area contributed by atoms with Gasteiger partial charge in [-0.3, -0.25) is 0 Å². The predicted octanol–water partition coefficient (Wildman–Crippen LogP) is 4.47. The van der Waals surface area contributed by atoms with Crippen molar-refractivity contribution in [2.75, 3.05) is 6.54 Å². The number of hydrogen-bond donors (Lipinski definition) is 1. The molecule has 0 spiro atoms.